The van der Waals surface area contributed by atoms with E-state index in [0.717, 1.165) is 55.8 Å². The summed E-state index contributed by atoms with van der Waals surface area (Å²) in [5.74, 6) is 1.51. The molecule has 4 nitrogen and oxygen atoms in total. The predicted octanol–water partition coefficient (Wildman–Crippen LogP) is 7.76. The van der Waals surface area contributed by atoms with Gasteiger partial charge in [0, 0.05) is 5.57 Å². The van der Waals surface area contributed by atoms with Gasteiger partial charge < -0.3 is 14.2 Å². The number of esters is 1. The molecule has 0 radical (unpaired) electrons. The summed E-state index contributed by atoms with van der Waals surface area (Å²) in [6, 6.07) is 16.5. The molecule has 2 aromatic rings. The molecule has 0 unspecified atom stereocenters. The Balaban J connectivity index is 1.61. The van der Waals surface area contributed by atoms with E-state index in [0.29, 0.717) is 18.8 Å². The van der Waals surface area contributed by atoms with Crippen molar-refractivity contribution >= 4 is 5.97 Å². The zero-order chi connectivity index (χ0) is 23.7. The Labute approximate surface area is 200 Å². The zero-order valence-corrected chi connectivity index (χ0v) is 20.4. The fourth-order valence-electron chi connectivity index (χ4n) is 3.42. The molecule has 180 valence electrons. The fraction of sp³-hybridized carbons (Fsp3) is 0.483. The number of benzene rings is 2. The molecular formula is C29H40O4. The Kier molecular flexibility index (Phi) is 12.8. The van der Waals surface area contributed by atoms with Gasteiger partial charge in [0.1, 0.15) is 11.5 Å². The number of carbonyl (C=O) groups is 1. The maximum atomic E-state index is 11.3. The van der Waals surface area contributed by atoms with Crippen molar-refractivity contribution in [1.82, 2.24) is 0 Å². The predicted molar refractivity (Wildman–Crippen MR) is 136 cm³/mol. The second-order valence-electron chi connectivity index (χ2n) is 8.49. The van der Waals surface area contributed by atoms with Crippen molar-refractivity contribution in [2.45, 2.75) is 71.6 Å². The van der Waals surface area contributed by atoms with Gasteiger partial charge in [-0.1, -0.05) is 63.5 Å². The largest absolute Gasteiger partial charge is 0.494 e. The normalized spacial score (nSPS) is 10.6. The highest BCUT2D eigenvalue weighted by molar-refractivity contribution is 5.86. The number of rotatable bonds is 17. The van der Waals surface area contributed by atoms with Crippen LogP contribution in [0.1, 0.15) is 71.6 Å². The number of carbonyl (C=O) groups excluding carboxylic acids is 1. The van der Waals surface area contributed by atoms with Crippen molar-refractivity contribution in [2.75, 3.05) is 19.8 Å². The quantitative estimate of drug-likeness (QED) is 0.140. The Morgan fingerprint density at radius 1 is 0.667 bits per heavy atom. The van der Waals surface area contributed by atoms with Gasteiger partial charge in [0.15, 0.2) is 0 Å². The molecule has 0 saturated heterocycles. The van der Waals surface area contributed by atoms with Gasteiger partial charge in [-0.15, -0.1) is 0 Å². The van der Waals surface area contributed by atoms with Gasteiger partial charge in [-0.25, -0.2) is 4.79 Å². The maximum Gasteiger partial charge on any atom is 0.333 e. The Morgan fingerprint density at radius 3 is 1.52 bits per heavy atom. The Morgan fingerprint density at radius 2 is 1.09 bits per heavy atom. The molecule has 0 atom stereocenters. The van der Waals surface area contributed by atoms with E-state index >= 15 is 0 Å². The van der Waals surface area contributed by atoms with E-state index in [4.69, 9.17) is 14.2 Å². The van der Waals surface area contributed by atoms with Gasteiger partial charge in [-0.05, 0) is 74.4 Å². The summed E-state index contributed by atoms with van der Waals surface area (Å²) in [5.41, 5.74) is 2.78. The summed E-state index contributed by atoms with van der Waals surface area (Å²) < 4.78 is 16.8. The molecule has 0 aliphatic heterocycles. The van der Waals surface area contributed by atoms with Gasteiger partial charge >= 0.3 is 5.97 Å². The van der Waals surface area contributed by atoms with E-state index < -0.39 is 0 Å². The van der Waals surface area contributed by atoms with Crippen molar-refractivity contribution in [3.8, 4) is 22.6 Å². The van der Waals surface area contributed by atoms with E-state index in [1.807, 2.05) is 24.3 Å². The second-order valence-corrected chi connectivity index (χ2v) is 8.49. The first-order valence-electron chi connectivity index (χ1n) is 12.4. The lowest BCUT2D eigenvalue weighted by Gasteiger charge is -2.09. The molecule has 2 rings (SSSR count). The molecule has 0 aliphatic carbocycles. The molecular weight excluding hydrogens is 412 g/mol. The summed E-state index contributed by atoms with van der Waals surface area (Å²) >= 11 is 0. The van der Waals surface area contributed by atoms with Crippen LogP contribution in [0.5, 0.6) is 11.5 Å². The summed E-state index contributed by atoms with van der Waals surface area (Å²) in [6.07, 6.45) is 10.2. The average molecular weight is 453 g/mol. The molecule has 0 saturated carbocycles. The lowest BCUT2D eigenvalue weighted by atomic mass is 10.1. The maximum absolute atomic E-state index is 11.3. The third-order valence-electron chi connectivity index (χ3n) is 5.45. The molecule has 4 heteroatoms. The molecule has 0 fully saturated rings. The molecule has 33 heavy (non-hydrogen) atoms. The Hall–Kier alpha value is -2.75. The first kappa shape index (κ1) is 26.5. The van der Waals surface area contributed by atoms with E-state index in [1.165, 1.54) is 31.2 Å². The minimum Gasteiger partial charge on any atom is -0.494 e. The monoisotopic (exact) mass is 452 g/mol. The summed E-state index contributed by atoms with van der Waals surface area (Å²) in [5, 5.41) is 0. The number of hydrogen-bond acceptors (Lipinski definition) is 4. The third-order valence-corrected chi connectivity index (χ3v) is 5.45. The first-order chi connectivity index (χ1) is 16.1. The van der Waals surface area contributed by atoms with Crippen molar-refractivity contribution in [3.05, 3.63) is 60.7 Å². The molecule has 0 bridgehead atoms. The molecule has 0 aromatic heterocycles. The van der Waals surface area contributed by atoms with Crippen molar-refractivity contribution in [1.29, 1.82) is 0 Å². The standard InChI is InChI=1S/C29H40O4/c1-4-5-6-7-10-21-31-27-17-13-25(14-18-27)26-15-19-28(20-16-26)32-22-11-8-9-12-23-33-29(30)24(2)3/h13-20H,2,4-12,21-23H2,1,3H3. The topological polar surface area (TPSA) is 44.8 Å². The van der Waals surface area contributed by atoms with Gasteiger partial charge in [0.2, 0.25) is 0 Å². The van der Waals surface area contributed by atoms with Crippen LogP contribution in [0.3, 0.4) is 0 Å². The number of hydrogen-bond donors (Lipinski definition) is 0. The van der Waals surface area contributed by atoms with E-state index in [-0.39, 0.29) is 5.97 Å². The molecule has 2 aromatic carbocycles. The van der Waals surface area contributed by atoms with E-state index in [9.17, 15) is 4.79 Å². The second kappa shape index (κ2) is 16.0. The van der Waals surface area contributed by atoms with Crippen LogP contribution in [-0.2, 0) is 9.53 Å². The zero-order valence-electron chi connectivity index (χ0n) is 20.4. The van der Waals surface area contributed by atoms with Crippen LogP contribution in [-0.4, -0.2) is 25.8 Å². The number of unbranched alkanes of at least 4 members (excludes halogenated alkanes) is 7. The first-order valence-corrected chi connectivity index (χ1v) is 12.4. The highest BCUT2D eigenvalue weighted by atomic mass is 16.5. The smallest absolute Gasteiger partial charge is 0.333 e. The molecule has 0 amide bonds. The van der Waals surface area contributed by atoms with Gasteiger partial charge in [-0.2, -0.15) is 0 Å². The lowest BCUT2D eigenvalue weighted by Crippen LogP contribution is -2.06. The lowest BCUT2D eigenvalue weighted by molar-refractivity contribution is -0.139. The Bertz CT molecular complexity index is 809. The van der Waals surface area contributed by atoms with Crippen LogP contribution < -0.4 is 9.47 Å². The van der Waals surface area contributed by atoms with Crippen molar-refractivity contribution in [3.63, 3.8) is 0 Å². The van der Waals surface area contributed by atoms with Crippen LogP contribution in [0.2, 0.25) is 0 Å². The van der Waals surface area contributed by atoms with Crippen LogP contribution in [0.25, 0.3) is 11.1 Å². The highest BCUT2D eigenvalue weighted by Gasteiger charge is 2.03. The SMILES string of the molecule is C=C(C)C(=O)OCCCCCCOc1ccc(-c2ccc(OCCCCCCC)cc2)cc1. The molecule has 0 heterocycles. The van der Waals surface area contributed by atoms with Crippen LogP contribution >= 0.6 is 0 Å². The van der Waals surface area contributed by atoms with Crippen LogP contribution in [0.4, 0.5) is 0 Å². The van der Waals surface area contributed by atoms with E-state index in [2.05, 4.69) is 37.8 Å². The van der Waals surface area contributed by atoms with Crippen LogP contribution in [0.15, 0.2) is 60.7 Å². The summed E-state index contributed by atoms with van der Waals surface area (Å²) in [6.45, 7) is 9.41. The number of ether oxygens (including phenoxy) is 3. The van der Waals surface area contributed by atoms with Crippen LogP contribution in [0, 0.1) is 0 Å². The van der Waals surface area contributed by atoms with Gasteiger partial charge in [0.05, 0.1) is 19.8 Å². The fourth-order valence-corrected chi connectivity index (χ4v) is 3.42. The highest BCUT2D eigenvalue weighted by Crippen LogP contribution is 2.25. The van der Waals surface area contributed by atoms with Gasteiger partial charge in [-0.3, -0.25) is 0 Å². The molecule has 0 aliphatic rings. The van der Waals surface area contributed by atoms with E-state index in [1.54, 1.807) is 6.92 Å². The minimum absolute atomic E-state index is 0.306. The third kappa shape index (κ3) is 11.1. The van der Waals surface area contributed by atoms with Crippen molar-refractivity contribution in [2.24, 2.45) is 0 Å². The minimum atomic E-state index is -0.306. The van der Waals surface area contributed by atoms with Crippen molar-refractivity contribution < 1.29 is 19.0 Å². The van der Waals surface area contributed by atoms with Gasteiger partial charge in [0.25, 0.3) is 0 Å². The molecule has 0 spiro atoms. The summed E-state index contributed by atoms with van der Waals surface area (Å²) in [7, 11) is 0. The molecule has 0 N–H and O–H groups in total. The summed E-state index contributed by atoms with van der Waals surface area (Å²) in [4.78, 5) is 11.3. The average Bonchev–Trinajstić information content (AvgIpc) is 2.83.